The summed E-state index contributed by atoms with van der Waals surface area (Å²) in [6, 6.07) is 0. The molecule has 2 nitrogen and oxygen atoms in total. The van der Waals surface area contributed by atoms with Crippen LogP contribution in [0.5, 0.6) is 0 Å². The molecule has 30 heavy (non-hydrogen) atoms. The highest BCUT2D eigenvalue weighted by atomic mass is 19.1. The molecule has 0 aromatic heterocycles. The van der Waals surface area contributed by atoms with E-state index < -0.39 is 18.4 Å². The minimum absolute atomic E-state index is 0.0435. The van der Waals surface area contributed by atoms with Crippen molar-refractivity contribution in [1.82, 2.24) is 0 Å². The number of aliphatic hydroxyl groups is 2. The molecule has 0 radical (unpaired) electrons. The Morgan fingerprint density at radius 2 is 1.87 bits per heavy atom. The number of alkyl halides is 1. The van der Waals surface area contributed by atoms with Gasteiger partial charge in [0.05, 0.1) is 12.2 Å². The van der Waals surface area contributed by atoms with Crippen LogP contribution in [0.3, 0.4) is 0 Å². The number of hydrogen-bond donors (Lipinski definition) is 2. The first-order chi connectivity index (χ1) is 14.1. The topological polar surface area (TPSA) is 40.5 Å². The number of rotatable bonds is 6. The SMILES string of the molecule is C=C1/C(=C\C=C2/C[C@H](F)C[C@]3(C)[C@@H]([C@H](C)CCCC(C)C)CC[C@@H]23)C[C@@H](O)C[C@@H]1O. The third-order valence-electron chi connectivity index (χ3n) is 8.37. The van der Waals surface area contributed by atoms with Gasteiger partial charge in [0.1, 0.15) is 6.17 Å². The summed E-state index contributed by atoms with van der Waals surface area (Å²) in [5, 5.41) is 20.1. The average Bonchev–Trinajstić information content (AvgIpc) is 2.99. The molecule has 0 aromatic rings. The maximum atomic E-state index is 14.9. The van der Waals surface area contributed by atoms with Gasteiger partial charge in [-0.25, -0.2) is 4.39 Å². The summed E-state index contributed by atoms with van der Waals surface area (Å²) < 4.78 is 14.9. The van der Waals surface area contributed by atoms with Crippen molar-refractivity contribution in [2.75, 3.05) is 0 Å². The van der Waals surface area contributed by atoms with Crippen LogP contribution in [0.4, 0.5) is 4.39 Å². The van der Waals surface area contributed by atoms with E-state index in [2.05, 4.69) is 40.3 Å². The maximum absolute atomic E-state index is 14.9. The molecular weight excluding hydrogens is 375 g/mol. The Morgan fingerprint density at radius 3 is 2.57 bits per heavy atom. The van der Waals surface area contributed by atoms with Crippen molar-refractivity contribution in [3.8, 4) is 0 Å². The predicted octanol–water partition coefficient (Wildman–Crippen LogP) is 6.54. The molecule has 0 amide bonds. The van der Waals surface area contributed by atoms with Gasteiger partial charge >= 0.3 is 0 Å². The number of halogens is 1. The quantitative estimate of drug-likeness (QED) is 0.514. The summed E-state index contributed by atoms with van der Waals surface area (Å²) in [7, 11) is 0. The van der Waals surface area contributed by atoms with Gasteiger partial charge in [-0.2, -0.15) is 0 Å². The molecule has 0 spiro atoms. The van der Waals surface area contributed by atoms with Gasteiger partial charge in [0.25, 0.3) is 0 Å². The smallest absolute Gasteiger partial charge is 0.104 e. The van der Waals surface area contributed by atoms with Crippen LogP contribution in [0.2, 0.25) is 0 Å². The van der Waals surface area contributed by atoms with Gasteiger partial charge in [-0.05, 0) is 65.9 Å². The zero-order chi connectivity index (χ0) is 22.1. The number of fused-ring (bicyclic) bond motifs is 1. The average molecular weight is 419 g/mol. The van der Waals surface area contributed by atoms with E-state index in [4.69, 9.17) is 0 Å². The van der Waals surface area contributed by atoms with Gasteiger partial charge in [0.15, 0.2) is 0 Å². The number of hydrogen-bond acceptors (Lipinski definition) is 2. The van der Waals surface area contributed by atoms with E-state index >= 15 is 0 Å². The monoisotopic (exact) mass is 418 g/mol. The fraction of sp³-hybridized carbons (Fsp3) is 0.778. The third-order valence-corrected chi connectivity index (χ3v) is 8.37. The summed E-state index contributed by atoms with van der Waals surface area (Å²) in [6.45, 7) is 13.3. The van der Waals surface area contributed by atoms with Crippen molar-refractivity contribution in [2.45, 2.75) is 104 Å². The van der Waals surface area contributed by atoms with Crippen molar-refractivity contribution in [1.29, 1.82) is 0 Å². The second-order valence-corrected chi connectivity index (χ2v) is 11.1. The van der Waals surface area contributed by atoms with Crippen LogP contribution in [-0.4, -0.2) is 28.6 Å². The molecule has 3 fully saturated rings. The van der Waals surface area contributed by atoms with Gasteiger partial charge in [-0.3, -0.25) is 0 Å². The lowest BCUT2D eigenvalue weighted by atomic mass is 9.60. The summed E-state index contributed by atoms with van der Waals surface area (Å²) in [4.78, 5) is 0. The van der Waals surface area contributed by atoms with Crippen molar-refractivity contribution in [3.05, 3.63) is 35.5 Å². The molecule has 2 N–H and O–H groups in total. The lowest BCUT2D eigenvalue weighted by Gasteiger charge is -2.45. The van der Waals surface area contributed by atoms with E-state index in [1.165, 1.54) is 31.3 Å². The summed E-state index contributed by atoms with van der Waals surface area (Å²) in [5.41, 5.74) is 2.88. The second-order valence-electron chi connectivity index (χ2n) is 11.1. The first-order valence-electron chi connectivity index (χ1n) is 12.2. The Hall–Kier alpha value is -0.930. The van der Waals surface area contributed by atoms with Crippen LogP contribution in [0, 0.1) is 29.1 Å². The molecule has 0 aromatic carbocycles. The van der Waals surface area contributed by atoms with Gasteiger partial charge < -0.3 is 10.2 Å². The molecular formula is C27H43FO2. The minimum Gasteiger partial charge on any atom is -0.393 e. The Morgan fingerprint density at radius 1 is 1.13 bits per heavy atom. The predicted molar refractivity (Wildman–Crippen MR) is 123 cm³/mol. The highest BCUT2D eigenvalue weighted by Crippen LogP contribution is 2.60. The molecule has 0 saturated heterocycles. The van der Waals surface area contributed by atoms with Crippen LogP contribution < -0.4 is 0 Å². The summed E-state index contributed by atoms with van der Waals surface area (Å²) in [6.07, 6.45) is 10.4. The van der Waals surface area contributed by atoms with E-state index in [-0.39, 0.29) is 5.41 Å². The third kappa shape index (κ3) is 5.10. The van der Waals surface area contributed by atoms with Crippen LogP contribution >= 0.6 is 0 Å². The van der Waals surface area contributed by atoms with E-state index in [1.54, 1.807) is 0 Å². The first kappa shape index (κ1) is 23.7. The molecule has 3 heteroatoms. The van der Waals surface area contributed by atoms with Crippen molar-refractivity contribution >= 4 is 0 Å². The van der Waals surface area contributed by atoms with E-state index in [0.29, 0.717) is 49.0 Å². The first-order valence-corrected chi connectivity index (χ1v) is 12.2. The lowest BCUT2D eigenvalue weighted by molar-refractivity contribution is 0.0523. The van der Waals surface area contributed by atoms with Crippen LogP contribution in [0.25, 0.3) is 0 Å². The second kappa shape index (κ2) is 9.69. The van der Waals surface area contributed by atoms with Gasteiger partial charge in [-0.15, -0.1) is 0 Å². The normalized spacial score (nSPS) is 40.9. The molecule has 3 aliphatic rings. The maximum Gasteiger partial charge on any atom is 0.104 e. The molecule has 3 rings (SSSR count). The van der Waals surface area contributed by atoms with Crippen molar-refractivity contribution in [3.63, 3.8) is 0 Å². The van der Waals surface area contributed by atoms with Crippen LogP contribution in [0.15, 0.2) is 35.5 Å². The molecule has 3 aliphatic carbocycles. The van der Waals surface area contributed by atoms with Crippen molar-refractivity contribution in [2.24, 2.45) is 29.1 Å². The standard InChI is InChI=1S/C27H43FO2/c1-17(2)7-6-8-18(3)24-11-12-25-21(13-22(28)16-27(24,25)5)10-9-20-14-23(29)15-26(30)19(20)4/h9-10,17-18,22-26,29-30H,4,6-8,11-16H2,1-3,5H3/b20-9-,21-10+/t18-,22+,23-,24-,25+,26+,27-/m1/s1. The fourth-order valence-corrected chi connectivity index (χ4v) is 6.75. The summed E-state index contributed by atoms with van der Waals surface area (Å²) in [5.74, 6) is 2.44. The van der Waals surface area contributed by atoms with E-state index in [1.807, 2.05) is 6.08 Å². The zero-order valence-electron chi connectivity index (χ0n) is 19.5. The Labute approximate surface area is 183 Å². The van der Waals surface area contributed by atoms with Crippen LogP contribution in [-0.2, 0) is 0 Å². The molecule has 3 saturated carbocycles. The molecule has 0 aliphatic heterocycles. The zero-order valence-corrected chi connectivity index (χ0v) is 19.5. The Balaban J connectivity index is 1.76. The molecule has 170 valence electrons. The minimum atomic E-state index is -0.773. The van der Waals surface area contributed by atoms with E-state index in [0.717, 1.165) is 17.9 Å². The number of allylic oxidation sites excluding steroid dienone is 3. The van der Waals surface area contributed by atoms with Gasteiger partial charge in [0.2, 0.25) is 0 Å². The number of aliphatic hydroxyl groups excluding tert-OH is 2. The Kier molecular flexibility index (Phi) is 7.66. The largest absolute Gasteiger partial charge is 0.393 e. The highest BCUT2D eigenvalue weighted by Gasteiger charge is 2.52. The molecule has 7 atom stereocenters. The summed E-state index contributed by atoms with van der Waals surface area (Å²) >= 11 is 0. The van der Waals surface area contributed by atoms with Gasteiger partial charge in [0, 0.05) is 12.8 Å². The van der Waals surface area contributed by atoms with Gasteiger partial charge in [-0.1, -0.05) is 71.3 Å². The highest BCUT2D eigenvalue weighted by molar-refractivity contribution is 5.38. The van der Waals surface area contributed by atoms with Crippen molar-refractivity contribution < 1.29 is 14.6 Å². The van der Waals surface area contributed by atoms with E-state index in [9.17, 15) is 14.6 Å². The Bertz CT molecular complexity index is 678. The molecule has 0 unspecified atom stereocenters. The van der Waals surface area contributed by atoms with Crippen LogP contribution in [0.1, 0.15) is 85.5 Å². The lowest BCUT2D eigenvalue weighted by Crippen LogP contribution is -2.39. The molecule has 0 heterocycles. The fourth-order valence-electron chi connectivity index (χ4n) is 6.75. The molecule has 0 bridgehead atoms.